The van der Waals surface area contributed by atoms with Crippen LogP contribution in [0.25, 0.3) is 5.57 Å². The SMILES string of the molecule is CCc1ccc(N2C(=O)C(Nc3cc(OC)ccc3OC)=C(c3ccc(C)c(C)c3)C2=O)cc1. The molecule has 0 fully saturated rings. The molecule has 3 aromatic carbocycles. The van der Waals surface area contributed by atoms with Crippen molar-refractivity contribution in [3.8, 4) is 11.5 Å². The Hall–Kier alpha value is -4.06. The summed E-state index contributed by atoms with van der Waals surface area (Å²) >= 11 is 0. The highest BCUT2D eigenvalue weighted by Gasteiger charge is 2.40. The zero-order valence-electron chi connectivity index (χ0n) is 20.1. The fourth-order valence-corrected chi connectivity index (χ4v) is 3.97. The molecular formula is C28H28N2O4. The van der Waals surface area contributed by atoms with Gasteiger partial charge in [-0.3, -0.25) is 9.59 Å². The molecule has 1 aliphatic rings. The van der Waals surface area contributed by atoms with Crippen molar-refractivity contribution in [2.75, 3.05) is 24.4 Å². The zero-order chi connectivity index (χ0) is 24.4. The Morgan fingerprint density at radius 1 is 0.824 bits per heavy atom. The van der Waals surface area contributed by atoms with E-state index in [-0.39, 0.29) is 11.6 Å². The van der Waals surface area contributed by atoms with E-state index < -0.39 is 5.91 Å². The lowest BCUT2D eigenvalue weighted by atomic mass is 9.99. The summed E-state index contributed by atoms with van der Waals surface area (Å²) in [6, 6.07) is 18.5. The van der Waals surface area contributed by atoms with Gasteiger partial charge in [0.15, 0.2) is 0 Å². The van der Waals surface area contributed by atoms with Crippen LogP contribution in [-0.4, -0.2) is 26.0 Å². The minimum atomic E-state index is -0.424. The lowest BCUT2D eigenvalue weighted by Crippen LogP contribution is -2.32. The third-order valence-electron chi connectivity index (χ3n) is 6.15. The molecular weight excluding hydrogens is 428 g/mol. The number of carbonyl (C=O) groups excluding carboxylic acids is 2. The molecule has 0 bridgehead atoms. The van der Waals surface area contributed by atoms with Gasteiger partial charge in [0.1, 0.15) is 17.2 Å². The molecule has 6 nitrogen and oxygen atoms in total. The summed E-state index contributed by atoms with van der Waals surface area (Å²) in [5, 5.41) is 3.18. The first-order valence-electron chi connectivity index (χ1n) is 11.2. The maximum absolute atomic E-state index is 13.7. The predicted octanol–water partition coefficient (Wildman–Crippen LogP) is 5.28. The van der Waals surface area contributed by atoms with Crippen LogP contribution in [0.5, 0.6) is 11.5 Å². The van der Waals surface area contributed by atoms with Crippen molar-refractivity contribution in [3.05, 3.63) is 88.6 Å². The molecule has 0 spiro atoms. The summed E-state index contributed by atoms with van der Waals surface area (Å²) < 4.78 is 10.8. The second kappa shape index (κ2) is 9.43. The van der Waals surface area contributed by atoms with E-state index >= 15 is 0 Å². The minimum Gasteiger partial charge on any atom is -0.497 e. The van der Waals surface area contributed by atoms with Crippen molar-refractivity contribution in [1.29, 1.82) is 0 Å². The first kappa shape index (κ1) is 23.1. The zero-order valence-corrected chi connectivity index (χ0v) is 20.1. The number of nitrogens with zero attached hydrogens (tertiary/aromatic N) is 1. The summed E-state index contributed by atoms with van der Waals surface area (Å²) in [4.78, 5) is 28.6. The lowest BCUT2D eigenvalue weighted by Gasteiger charge is -2.16. The summed E-state index contributed by atoms with van der Waals surface area (Å²) in [5.41, 5.74) is 5.52. The van der Waals surface area contributed by atoms with Crippen LogP contribution < -0.4 is 19.7 Å². The van der Waals surface area contributed by atoms with Crippen LogP contribution >= 0.6 is 0 Å². The topological polar surface area (TPSA) is 67.9 Å². The highest BCUT2D eigenvalue weighted by molar-refractivity contribution is 6.46. The molecule has 0 aromatic heterocycles. The van der Waals surface area contributed by atoms with Crippen LogP contribution in [0, 0.1) is 13.8 Å². The summed E-state index contributed by atoms with van der Waals surface area (Å²) in [5.74, 6) is 0.327. The second-order valence-corrected chi connectivity index (χ2v) is 8.21. The van der Waals surface area contributed by atoms with E-state index in [0.717, 1.165) is 23.1 Å². The average molecular weight is 457 g/mol. The van der Waals surface area contributed by atoms with Crippen molar-refractivity contribution >= 4 is 28.8 Å². The molecule has 2 amide bonds. The van der Waals surface area contributed by atoms with Gasteiger partial charge in [-0.05, 0) is 66.8 Å². The molecule has 34 heavy (non-hydrogen) atoms. The Balaban J connectivity index is 1.85. The molecule has 1 heterocycles. The number of hydrogen-bond acceptors (Lipinski definition) is 5. The van der Waals surface area contributed by atoms with E-state index in [9.17, 15) is 9.59 Å². The van der Waals surface area contributed by atoms with Crippen molar-refractivity contribution in [2.24, 2.45) is 0 Å². The van der Waals surface area contributed by atoms with Gasteiger partial charge < -0.3 is 14.8 Å². The normalized spacial score (nSPS) is 13.5. The van der Waals surface area contributed by atoms with Gasteiger partial charge >= 0.3 is 0 Å². The van der Waals surface area contributed by atoms with Crippen LogP contribution in [0.1, 0.15) is 29.2 Å². The van der Waals surface area contributed by atoms with Gasteiger partial charge in [0.25, 0.3) is 11.8 Å². The standard InChI is InChI=1S/C28H28N2O4/c1-6-19-8-11-21(12-9-19)30-27(31)25(20-10-7-17(2)18(3)15-20)26(28(30)32)29-23-16-22(33-4)13-14-24(23)34-5/h7-16,29H,6H2,1-5H3. The second-order valence-electron chi connectivity index (χ2n) is 8.21. The number of nitrogens with one attached hydrogen (secondary N) is 1. The highest BCUT2D eigenvalue weighted by Crippen LogP contribution is 2.37. The van der Waals surface area contributed by atoms with Crippen molar-refractivity contribution in [3.63, 3.8) is 0 Å². The molecule has 3 aromatic rings. The molecule has 0 saturated carbocycles. The van der Waals surface area contributed by atoms with E-state index in [1.54, 1.807) is 32.4 Å². The van der Waals surface area contributed by atoms with Gasteiger partial charge in [0, 0.05) is 6.07 Å². The average Bonchev–Trinajstić information content (AvgIpc) is 3.09. The summed E-state index contributed by atoms with van der Waals surface area (Å²) in [6.45, 7) is 6.06. The first-order valence-corrected chi connectivity index (χ1v) is 11.2. The fourth-order valence-electron chi connectivity index (χ4n) is 3.97. The molecule has 0 saturated heterocycles. The number of anilines is 2. The Bertz CT molecular complexity index is 1290. The Kier molecular flexibility index (Phi) is 6.41. The quantitative estimate of drug-likeness (QED) is 0.490. The van der Waals surface area contributed by atoms with Crippen molar-refractivity contribution in [1.82, 2.24) is 0 Å². The third kappa shape index (κ3) is 4.15. The molecule has 1 aliphatic heterocycles. The maximum Gasteiger partial charge on any atom is 0.282 e. The van der Waals surface area contributed by atoms with Gasteiger partial charge in [0.2, 0.25) is 0 Å². The number of amides is 2. The molecule has 0 atom stereocenters. The van der Waals surface area contributed by atoms with E-state index in [4.69, 9.17) is 9.47 Å². The highest BCUT2D eigenvalue weighted by atomic mass is 16.5. The summed E-state index contributed by atoms with van der Waals surface area (Å²) in [6.07, 6.45) is 0.872. The monoisotopic (exact) mass is 456 g/mol. The Morgan fingerprint density at radius 3 is 2.18 bits per heavy atom. The molecule has 6 heteroatoms. The Labute approximate surface area is 199 Å². The molecule has 4 rings (SSSR count). The van der Waals surface area contributed by atoms with Crippen LogP contribution in [0.2, 0.25) is 0 Å². The molecule has 0 radical (unpaired) electrons. The number of ether oxygens (including phenoxy) is 2. The van der Waals surface area contributed by atoms with Crippen molar-refractivity contribution in [2.45, 2.75) is 27.2 Å². The molecule has 174 valence electrons. The van der Waals surface area contributed by atoms with Gasteiger partial charge in [-0.1, -0.05) is 37.3 Å². The van der Waals surface area contributed by atoms with Crippen LogP contribution in [0.15, 0.2) is 66.4 Å². The number of imide groups is 1. The van der Waals surface area contributed by atoms with Gasteiger partial charge in [-0.2, -0.15) is 0 Å². The van der Waals surface area contributed by atoms with Crippen molar-refractivity contribution < 1.29 is 19.1 Å². The van der Waals surface area contributed by atoms with E-state index in [0.29, 0.717) is 34.0 Å². The number of methoxy groups -OCH3 is 2. The number of carbonyl (C=O) groups is 2. The number of aryl methyl sites for hydroxylation is 3. The predicted molar refractivity (Wildman–Crippen MR) is 134 cm³/mol. The number of hydrogen-bond donors (Lipinski definition) is 1. The molecule has 1 N–H and O–H groups in total. The van der Waals surface area contributed by atoms with Crippen LogP contribution in [0.4, 0.5) is 11.4 Å². The van der Waals surface area contributed by atoms with Gasteiger partial charge in [-0.15, -0.1) is 0 Å². The summed E-state index contributed by atoms with van der Waals surface area (Å²) in [7, 11) is 3.12. The third-order valence-corrected chi connectivity index (χ3v) is 6.15. The number of benzene rings is 3. The first-order chi connectivity index (χ1) is 16.4. The van der Waals surface area contributed by atoms with E-state index in [1.165, 1.54) is 4.90 Å². The smallest absolute Gasteiger partial charge is 0.282 e. The largest absolute Gasteiger partial charge is 0.497 e. The van der Waals surface area contributed by atoms with E-state index in [1.807, 2.05) is 56.3 Å². The Morgan fingerprint density at radius 2 is 1.56 bits per heavy atom. The fraction of sp³-hybridized carbons (Fsp3) is 0.214. The number of rotatable bonds is 7. The van der Waals surface area contributed by atoms with Gasteiger partial charge in [0.05, 0.1) is 31.2 Å². The van der Waals surface area contributed by atoms with Crippen LogP contribution in [-0.2, 0) is 16.0 Å². The van der Waals surface area contributed by atoms with E-state index in [2.05, 4.69) is 12.2 Å². The minimum absolute atomic E-state index is 0.194. The van der Waals surface area contributed by atoms with Gasteiger partial charge in [-0.25, -0.2) is 4.90 Å². The lowest BCUT2D eigenvalue weighted by molar-refractivity contribution is -0.120. The molecule has 0 aliphatic carbocycles. The molecule has 0 unspecified atom stereocenters. The van der Waals surface area contributed by atoms with Crippen LogP contribution in [0.3, 0.4) is 0 Å². The maximum atomic E-state index is 13.7.